The zero-order chi connectivity index (χ0) is 6.69. The first-order chi connectivity index (χ1) is 4.29. The number of oxazole rings is 1. The van der Waals surface area contributed by atoms with Gasteiger partial charge in [0.15, 0.2) is 0 Å². The Morgan fingerprint density at radius 1 is 1.67 bits per heavy atom. The summed E-state index contributed by atoms with van der Waals surface area (Å²) in [6, 6.07) is 0. The molecule has 0 atom stereocenters. The average molecular weight is 149 g/mol. The van der Waals surface area contributed by atoms with E-state index in [2.05, 4.69) is 13.9 Å². The molecule has 1 rings (SSSR count). The van der Waals surface area contributed by atoms with Crippen LogP contribution in [0.4, 0.5) is 0 Å². The van der Waals surface area contributed by atoms with Crippen molar-refractivity contribution in [1.82, 2.24) is 4.98 Å². The first-order valence-corrected chi connectivity index (χ1v) is 3.21. The minimum atomic E-state index is -2.41. The van der Waals surface area contributed by atoms with Gasteiger partial charge in [-0.15, -0.1) is 0 Å². The Kier molecular flexibility index (Phi) is 2.00. The summed E-state index contributed by atoms with van der Waals surface area (Å²) in [7, 11) is -2.41. The molecule has 2 N–H and O–H groups in total. The van der Waals surface area contributed by atoms with E-state index in [0.29, 0.717) is 0 Å². The van der Waals surface area contributed by atoms with Gasteiger partial charge in [-0.2, -0.15) is 4.98 Å². The zero-order valence-corrected chi connectivity index (χ0v) is 5.15. The summed E-state index contributed by atoms with van der Waals surface area (Å²) < 4.78 is 8.76. The van der Waals surface area contributed by atoms with Crippen LogP contribution >= 0.6 is 8.60 Å². The standard InChI is InChI=1S/C3H4NO4P/c5-9(6)8-3-4-1-2-7-3/h1-2,5-6H. The Morgan fingerprint density at radius 2 is 2.44 bits per heavy atom. The average Bonchev–Trinajstić information content (AvgIpc) is 2.15. The molecule has 6 heteroatoms. The number of hydrogen-bond donors (Lipinski definition) is 2. The van der Waals surface area contributed by atoms with Gasteiger partial charge in [0.25, 0.3) is 0 Å². The van der Waals surface area contributed by atoms with Gasteiger partial charge in [0.05, 0.1) is 6.20 Å². The third-order valence-electron chi connectivity index (χ3n) is 0.569. The van der Waals surface area contributed by atoms with Crippen molar-refractivity contribution >= 4 is 8.60 Å². The van der Waals surface area contributed by atoms with E-state index in [0.717, 1.165) is 0 Å². The lowest BCUT2D eigenvalue weighted by atomic mass is 11.0. The van der Waals surface area contributed by atoms with E-state index in [4.69, 9.17) is 9.79 Å². The summed E-state index contributed by atoms with van der Waals surface area (Å²) in [5, 5.41) is 0. The lowest BCUT2D eigenvalue weighted by Crippen LogP contribution is -1.83. The van der Waals surface area contributed by atoms with Gasteiger partial charge in [-0.3, -0.25) is 0 Å². The highest BCUT2D eigenvalue weighted by molar-refractivity contribution is 7.39. The highest BCUT2D eigenvalue weighted by atomic mass is 31.2. The van der Waals surface area contributed by atoms with Gasteiger partial charge in [-0.05, 0) is 0 Å². The van der Waals surface area contributed by atoms with Crippen LogP contribution in [0.15, 0.2) is 16.9 Å². The van der Waals surface area contributed by atoms with Gasteiger partial charge in [-0.25, -0.2) is 0 Å². The Balaban J connectivity index is 2.48. The van der Waals surface area contributed by atoms with Crippen molar-refractivity contribution in [1.29, 1.82) is 0 Å². The van der Waals surface area contributed by atoms with Crippen molar-refractivity contribution in [2.75, 3.05) is 0 Å². The van der Waals surface area contributed by atoms with E-state index in [1.54, 1.807) is 0 Å². The van der Waals surface area contributed by atoms with Crippen LogP contribution < -0.4 is 4.52 Å². The number of hydrogen-bond acceptors (Lipinski definition) is 5. The maximum Gasteiger partial charge on any atom is 0.399 e. The van der Waals surface area contributed by atoms with Crippen LogP contribution in [0.5, 0.6) is 6.08 Å². The molecule has 0 saturated carbocycles. The highest BCUT2D eigenvalue weighted by Crippen LogP contribution is 2.26. The van der Waals surface area contributed by atoms with Gasteiger partial charge in [0.2, 0.25) is 0 Å². The fraction of sp³-hybridized carbons (Fsp3) is 0. The molecular formula is C3H4NO4P. The molecule has 9 heavy (non-hydrogen) atoms. The Bertz CT molecular complexity index is 162. The second-order valence-corrected chi connectivity index (χ2v) is 1.83. The fourth-order valence-corrected chi connectivity index (χ4v) is 0.555. The van der Waals surface area contributed by atoms with Gasteiger partial charge in [0, 0.05) is 0 Å². The third kappa shape index (κ3) is 1.97. The molecule has 0 aromatic carbocycles. The lowest BCUT2D eigenvalue weighted by Gasteiger charge is -1.96. The predicted octanol–water partition coefficient (Wildman–Crippen LogP) is 0.265. The molecule has 0 saturated heterocycles. The van der Waals surface area contributed by atoms with Crippen molar-refractivity contribution < 1.29 is 18.7 Å². The number of aromatic nitrogens is 1. The third-order valence-corrected chi connectivity index (χ3v) is 0.889. The van der Waals surface area contributed by atoms with E-state index in [9.17, 15) is 0 Å². The molecule has 1 aromatic heterocycles. The summed E-state index contributed by atoms with van der Waals surface area (Å²) in [5.41, 5.74) is 0. The van der Waals surface area contributed by atoms with Crippen molar-refractivity contribution in [3.63, 3.8) is 0 Å². The molecule has 0 radical (unpaired) electrons. The molecule has 1 heterocycles. The van der Waals surface area contributed by atoms with Gasteiger partial charge in [0.1, 0.15) is 6.26 Å². The molecule has 0 spiro atoms. The summed E-state index contributed by atoms with van der Waals surface area (Å²) in [6.07, 6.45) is 2.48. The second-order valence-electron chi connectivity index (χ2n) is 1.14. The van der Waals surface area contributed by atoms with Crippen molar-refractivity contribution in [3.8, 4) is 6.08 Å². The Labute approximate surface area is 51.9 Å². The van der Waals surface area contributed by atoms with Crippen LogP contribution in [0.1, 0.15) is 0 Å². The van der Waals surface area contributed by atoms with Crippen LogP contribution in [-0.4, -0.2) is 14.8 Å². The van der Waals surface area contributed by atoms with Gasteiger partial charge >= 0.3 is 14.7 Å². The number of nitrogens with zero attached hydrogens (tertiary/aromatic N) is 1. The van der Waals surface area contributed by atoms with E-state index in [1.807, 2.05) is 0 Å². The Morgan fingerprint density at radius 3 is 2.89 bits per heavy atom. The second kappa shape index (κ2) is 2.77. The van der Waals surface area contributed by atoms with Gasteiger partial charge in [-0.1, -0.05) is 0 Å². The Hall–Kier alpha value is -0.640. The van der Waals surface area contributed by atoms with E-state index in [-0.39, 0.29) is 6.08 Å². The summed E-state index contributed by atoms with van der Waals surface area (Å²) in [5.74, 6) is 0. The monoisotopic (exact) mass is 149 g/mol. The fourth-order valence-electron chi connectivity index (χ4n) is 0.325. The molecule has 0 aliphatic rings. The van der Waals surface area contributed by atoms with E-state index in [1.165, 1.54) is 12.5 Å². The van der Waals surface area contributed by atoms with Crippen LogP contribution in [0.3, 0.4) is 0 Å². The molecule has 0 amide bonds. The first kappa shape index (κ1) is 6.48. The lowest BCUT2D eigenvalue weighted by molar-refractivity contribution is 0.312. The van der Waals surface area contributed by atoms with E-state index >= 15 is 0 Å². The summed E-state index contributed by atoms with van der Waals surface area (Å²) in [6.45, 7) is 0. The van der Waals surface area contributed by atoms with Gasteiger partial charge < -0.3 is 18.7 Å². The summed E-state index contributed by atoms with van der Waals surface area (Å²) >= 11 is 0. The molecule has 1 aromatic rings. The molecule has 50 valence electrons. The smallest absolute Gasteiger partial charge is 0.399 e. The zero-order valence-electron chi connectivity index (χ0n) is 4.26. The number of rotatable bonds is 2. The molecule has 0 aliphatic heterocycles. The van der Waals surface area contributed by atoms with Crippen molar-refractivity contribution in [2.24, 2.45) is 0 Å². The first-order valence-electron chi connectivity index (χ1n) is 2.04. The van der Waals surface area contributed by atoms with Crippen LogP contribution in [0, 0.1) is 0 Å². The quantitative estimate of drug-likeness (QED) is 0.590. The van der Waals surface area contributed by atoms with Crippen molar-refractivity contribution in [2.45, 2.75) is 0 Å². The highest BCUT2D eigenvalue weighted by Gasteiger charge is 2.04. The normalized spacial score (nSPS) is 10.1. The molecule has 0 bridgehead atoms. The topological polar surface area (TPSA) is 75.7 Å². The van der Waals surface area contributed by atoms with E-state index < -0.39 is 8.60 Å². The maximum absolute atomic E-state index is 8.22. The minimum Gasteiger partial charge on any atom is -0.417 e. The minimum absolute atomic E-state index is 0.133. The van der Waals surface area contributed by atoms with Crippen LogP contribution in [-0.2, 0) is 0 Å². The maximum atomic E-state index is 8.22. The predicted molar refractivity (Wildman–Crippen MR) is 28.5 cm³/mol. The molecular weight excluding hydrogens is 145 g/mol. The molecule has 0 aliphatic carbocycles. The van der Waals surface area contributed by atoms with Crippen LogP contribution in [0.25, 0.3) is 0 Å². The van der Waals surface area contributed by atoms with Crippen molar-refractivity contribution in [3.05, 3.63) is 12.5 Å². The molecule has 0 fully saturated rings. The molecule has 5 nitrogen and oxygen atoms in total. The largest absolute Gasteiger partial charge is 0.417 e. The summed E-state index contributed by atoms with van der Waals surface area (Å²) in [4.78, 5) is 19.9. The van der Waals surface area contributed by atoms with Crippen LogP contribution in [0.2, 0.25) is 0 Å². The SMILES string of the molecule is OP(O)Oc1ncco1. The molecule has 0 unspecified atom stereocenters.